The molecule has 22 heavy (non-hydrogen) atoms. The number of phenols is 1. The summed E-state index contributed by atoms with van der Waals surface area (Å²) in [5.74, 6) is -0.127. The molecule has 2 aromatic rings. The van der Waals surface area contributed by atoms with E-state index in [0.717, 1.165) is 11.1 Å². The van der Waals surface area contributed by atoms with E-state index in [1.54, 1.807) is 36.7 Å². The number of phenolic OH excluding ortho intramolecular Hbond substituents is 1. The van der Waals surface area contributed by atoms with Crippen molar-refractivity contribution in [3.63, 3.8) is 0 Å². The SMILES string of the molecule is Cc1ccc(O)c(N=C2NC(=O)/C(=C/c3cccnc3)S2)c1. The second-order valence-corrected chi connectivity index (χ2v) is 5.79. The molecular weight excluding hydrogens is 298 g/mol. The van der Waals surface area contributed by atoms with Crippen LogP contribution in [0, 0.1) is 6.92 Å². The van der Waals surface area contributed by atoms with Gasteiger partial charge in [0, 0.05) is 12.4 Å². The lowest BCUT2D eigenvalue weighted by molar-refractivity contribution is -0.115. The summed E-state index contributed by atoms with van der Waals surface area (Å²) in [5.41, 5.74) is 2.27. The van der Waals surface area contributed by atoms with Gasteiger partial charge < -0.3 is 10.4 Å². The van der Waals surface area contributed by atoms with Crippen LogP contribution in [-0.2, 0) is 4.79 Å². The van der Waals surface area contributed by atoms with Crippen molar-refractivity contribution >= 4 is 34.6 Å². The molecule has 1 aromatic carbocycles. The lowest BCUT2D eigenvalue weighted by Gasteiger charge is -2.01. The van der Waals surface area contributed by atoms with Gasteiger partial charge in [-0.3, -0.25) is 9.78 Å². The maximum atomic E-state index is 12.0. The standard InChI is InChI=1S/C16H13N3O2S/c1-10-4-5-13(20)12(7-10)18-16-19-15(21)14(22-16)8-11-3-2-6-17-9-11/h2-9,20H,1H3,(H,18,19,21)/b14-8-. The zero-order valence-corrected chi connectivity index (χ0v) is 12.6. The van der Waals surface area contributed by atoms with E-state index in [1.165, 1.54) is 11.8 Å². The van der Waals surface area contributed by atoms with Gasteiger partial charge in [-0.15, -0.1) is 0 Å². The summed E-state index contributed by atoms with van der Waals surface area (Å²) in [6, 6.07) is 8.83. The lowest BCUT2D eigenvalue weighted by atomic mass is 10.2. The van der Waals surface area contributed by atoms with Gasteiger partial charge in [-0.05, 0) is 54.1 Å². The number of aryl methyl sites for hydroxylation is 1. The number of aromatic nitrogens is 1. The molecule has 0 saturated carbocycles. The molecule has 0 atom stereocenters. The highest BCUT2D eigenvalue weighted by Crippen LogP contribution is 2.32. The van der Waals surface area contributed by atoms with E-state index in [9.17, 15) is 9.90 Å². The molecular formula is C16H13N3O2S. The third-order valence-electron chi connectivity index (χ3n) is 2.99. The molecule has 1 fully saturated rings. The number of pyridine rings is 1. The van der Waals surface area contributed by atoms with Crippen LogP contribution in [0.2, 0.25) is 0 Å². The van der Waals surface area contributed by atoms with Crippen LogP contribution in [0.15, 0.2) is 52.6 Å². The van der Waals surface area contributed by atoms with Crippen LogP contribution in [-0.4, -0.2) is 21.2 Å². The smallest absolute Gasteiger partial charge is 0.264 e. The predicted molar refractivity (Wildman–Crippen MR) is 87.9 cm³/mol. The Hall–Kier alpha value is -2.60. The van der Waals surface area contributed by atoms with Crippen LogP contribution < -0.4 is 5.32 Å². The lowest BCUT2D eigenvalue weighted by Crippen LogP contribution is -2.19. The van der Waals surface area contributed by atoms with Crippen molar-refractivity contribution in [2.75, 3.05) is 0 Å². The summed E-state index contributed by atoms with van der Waals surface area (Å²) in [4.78, 5) is 20.8. The zero-order chi connectivity index (χ0) is 15.5. The molecule has 1 saturated heterocycles. The fourth-order valence-electron chi connectivity index (χ4n) is 1.93. The molecule has 6 heteroatoms. The zero-order valence-electron chi connectivity index (χ0n) is 11.8. The highest BCUT2D eigenvalue weighted by molar-refractivity contribution is 8.18. The second kappa shape index (κ2) is 6.03. The topological polar surface area (TPSA) is 74.6 Å². The molecule has 1 aliphatic heterocycles. The number of benzene rings is 1. The molecule has 0 aliphatic carbocycles. The Balaban J connectivity index is 1.87. The normalized spacial score (nSPS) is 18.0. The van der Waals surface area contributed by atoms with E-state index < -0.39 is 0 Å². The van der Waals surface area contributed by atoms with Crippen LogP contribution in [0.1, 0.15) is 11.1 Å². The van der Waals surface area contributed by atoms with Crippen molar-refractivity contribution in [3.8, 4) is 5.75 Å². The Labute approximate surface area is 131 Å². The van der Waals surface area contributed by atoms with E-state index in [2.05, 4.69) is 15.3 Å². The minimum atomic E-state index is -0.209. The molecule has 1 amide bonds. The van der Waals surface area contributed by atoms with Crippen LogP contribution >= 0.6 is 11.8 Å². The second-order valence-electron chi connectivity index (χ2n) is 4.76. The number of amides is 1. The molecule has 0 spiro atoms. The summed E-state index contributed by atoms with van der Waals surface area (Å²) in [6.07, 6.45) is 5.12. The molecule has 0 bridgehead atoms. The summed E-state index contributed by atoms with van der Waals surface area (Å²) in [6.45, 7) is 1.91. The Kier molecular flexibility index (Phi) is 3.93. The quantitative estimate of drug-likeness (QED) is 0.836. The van der Waals surface area contributed by atoms with Gasteiger partial charge in [-0.2, -0.15) is 0 Å². The summed E-state index contributed by atoms with van der Waals surface area (Å²) in [5, 5.41) is 12.9. The molecule has 0 radical (unpaired) electrons. The third-order valence-corrected chi connectivity index (χ3v) is 3.90. The minimum Gasteiger partial charge on any atom is -0.506 e. The number of aliphatic imine (C=N–C) groups is 1. The van der Waals surface area contributed by atoms with Gasteiger partial charge in [-0.1, -0.05) is 12.1 Å². The largest absolute Gasteiger partial charge is 0.506 e. The van der Waals surface area contributed by atoms with Crippen molar-refractivity contribution in [2.45, 2.75) is 6.92 Å². The first-order valence-electron chi connectivity index (χ1n) is 6.61. The minimum absolute atomic E-state index is 0.0811. The Morgan fingerprint density at radius 3 is 3.00 bits per heavy atom. The molecule has 0 unspecified atom stereocenters. The number of amidine groups is 1. The molecule has 3 rings (SSSR count). The number of nitrogens with one attached hydrogen (secondary N) is 1. The van der Waals surface area contributed by atoms with E-state index in [-0.39, 0.29) is 11.7 Å². The van der Waals surface area contributed by atoms with Gasteiger partial charge >= 0.3 is 0 Å². The van der Waals surface area contributed by atoms with Crippen LogP contribution in [0.25, 0.3) is 6.08 Å². The molecule has 110 valence electrons. The average molecular weight is 311 g/mol. The van der Waals surface area contributed by atoms with Crippen LogP contribution in [0.4, 0.5) is 5.69 Å². The van der Waals surface area contributed by atoms with E-state index in [4.69, 9.17) is 0 Å². The molecule has 2 heterocycles. The Bertz CT molecular complexity index is 785. The van der Waals surface area contributed by atoms with E-state index >= 15 is 0 Å². The van der Waals surface area contributed by atoms with Gasteiger partial charge in [0.1, 0.15) is 11.4 Å². The van der Waals surface area contributed by atoms with E-state index in [0.29, 0.717) is 15.8 Å². The van der Waals surface area contributed by atoms with Crippen LogP contribution in [0.3, 0.4) is 0 Å². The van der Waals surface area contributed by atoms with Crippen molar-refractivity contribution < 1.29 is 9.90 Å². The van der Waals surface area contributed by atoms with E-state index in [1.807, 2.05) is 19.1 Å². The fourth-order valence-corrected chi connectivity index (χ4v) is 2.76. The monoisotopic (exact) mass is 311 g/mol. The highest BCUT2D eigenvalue weighted by Gasteiger charge is 2.24. The molecule has 2 N–H and O–H groups in total. The van der Waals surface area contributed by atoms with Gasteiger partial charge in [0.25, 0.3) is 5.91 Å². The number of hydrogen-bond acceptors (Lipinski definition) is 5. The van der Waals surface area contributed by atoms with Gasteiger partial charge in [-0.25, -0.2) is 4.99 Å². The molecule has 5 nitrogen and oxygen atoms in total. The number of nitrogens with zero attached hydrogens (tertiary/aromatic N) is 2. The number of carbonyl (C=O) groups excluding carboxylic acids is 1. The van der Waals surface area contributed by atoms with Crippen LogP contribution in [0.5, 0.6) is 5.75 Å². The summed E-state index contributed by atoms with van der Waals surface area (Å²) >= 11 is 1.23. The number of carbonyl (C=O) groups is 1. The van der Waals surface area contributed by atoms with Gasteiger partial charge in [0.15, 0.2) is 5.17 Å². The highest BCUT2D eigenvalue weighted by atomic mass is 32.2. The predicted octanol–water partition coefficient (Wildman–Crippen LogP) is 2.99. The first kappa shape index (κ1) is 14.3. The first-order valence-corrected chi connectivity index (χ1v) is 7.43. The van der Waals surface area contributed by atoms with Gasteiger partial charge in [0.05, 0.1) is 4.91 Å². The summed E-state index contributed by atoms with van der Waals surface area (Å²) in [7, 11) is 0. The van der Waals surface area contributed by atoms with Crippen molar-refractivity contribution in [1.29, 1.82) is 0 Å². The third kappa shape index (κ3) is 3.17. The Morgan fingerprint density at radius 2 is 2.23 bits per heavy atom. The Morgan fingerprint density at radius 1 is 1.36 bits per heavy atom. The maximum absolute atomic E-state index is 12.0. The first-order chi connectivity index (χ1) is 10.6. The van der Waals surface area contributed by atoms with Crippen molar-refractivity contribution in [3.05, 3.63) is 58.8 Å². The molecule has 1 aromatic heterocycles. The maximum Gasteiger partial charge on any atom is 0.264 e. The number of rotatable bonds is 2. The number of hydrogen-bond donors (Lipinski definition) is 2. The average Bonchev–Trinajstić information content (AvgIpc) is 2.84. The number of aromatic hydroxyl groups is 1. The fraction of sp³-hybridized carbons (Fsp3) is 0.0625. The summed E-state index contributed by atoms with van der Waals surface area (Å²) < 4.78 is 0. The van der Waals surface area contributed by atoms with Gasteiger partial charge in [0.2, 0.25) is 0 Å². The van der Waals surface area contributed by atoms with Crippen molar-refractivity contribution in [1.82, 2.24) is 10.3 Å². The molecule has 1 aliphatic rings. The van der Waals surface area contributed by atoms with Crippen molar-refractivity contribution in [2.24, 2.45) is 4.99 Å². The number of thioether (sulfide) groups is 1.